The number of nitrogens with zero attached hydrogens (tertiary/aromatic N) is 5. The molecule has 740 valence electrons. The number of hydrogen-bond donors (Lipinski definition) is 4. The summed E-state index contributed by atoms with van der Waals surface area (Å²) in [7, 11) is 20.8. The molecule has 0 rings (SSSR count). The van der Waals surface area contributed by atoms with Crippen LogP contribution < -0.4 is 0 Å². The van der Waals surface area contributed by atoms with E-state index in [1.54, 1.807) is 0 Å². The van der Waals surface area contributed by atoms with Gasteiger partial charge in [0, 0.05) is 128 Å². The number of hydrogen-bond acceptors (Lipinski definition) is 36. The van der Waals surface area contributed by atoms with Crippen LogP contribution in [-0.4, -0.2) is 516 Å². The van der Waals surface area contributed by atoms with E-state index in [1.807, 2.05) is 93.4 Å². The van der Waals surface area contributed by atoms with Crippen LogP contribution in [0.1, 0.15) is 87.5 Å². The zero-order valence-corrected chi connectivity index (χ0v) is 84.0. The molecule has 0 saturated carbocycles. The van der Waals surface area contributed by atoms with Crippen molar-refractivity contribution >= 4 is 58.8 Å². The van der Waals surface area contributed by atoms with E-state index < -0.39 is 67.0 Å². The van der Waals surface area contributed by atoms with E-state index in [-0.39, 0.29) is 143 Å². The molecule has 0 aromatic rings. The van der Waals surface area contributed by atoms with Gasteiger partial charge >= 0.3 is 0 Å². The highest BCUT2D eigenvalue weighted by Crippen LogP contribution is 2.24. The lowest BCUT2D eigenvalue weighted by Crippen LogP contribution is -2.41. The highest BCUT2D eigenvalue weighted by molar-refractivity contribution is 8.00. The lowest BCUT2D eigenvalue weighted by molar-refractivity contribution is -0.158. The maximum absolute atomic E-state index is 11.2. The van der Waals surface area contributed by atoms with Gasteiger partial charge in [-0.05, 0) is 171 Å². The molecule has 36 heteroatoms. The molecular formula is C87H181N5O26S5. The standard InChI is InChI=1S/C87H181N5O26S5/c1-19-97-57-78(111-36-26-41-121-46-31-90(13)14)62-103-51-74(94)50-102-54-76(96)55-114-77(49-93)56-106-68-85(72-118-86(87(6,7)8)73-108-64-80(59-99-21-3)113-38-28-43-123-48-33-92(17)18)117-71-84(116-70-83(110-23-5)61-101-35-25-40-120-45-30-89(11)12)67-107-66-81(115-69-82(109-22-4)60-100-34-24-39-119-44-29-88(9)10)65-105-53-75(95)52-104-63-79(58-98-20-2)112-37-27-42-122-47-32-91(15)16/h74-86,93-96H,19-73H2,1-18H3. The predicted molar refractivity (Wildman–Crippen MR) is 503 cm³/mol. The van der Waals surface area contributed by atoms with Crippen LogP contribution in [0.25, 0.3) is 0 Å². The number of aliphatic hydroxyl groups excluding tert-OH is 4. The maximum Gasteiger partial charge on any atom is 0.104 e. The lowest BCUT2D eigenvalue weighted by atomic mass is 9.89. The molecule has 0 amide bonds. The molecule has 31 nitrogen and oxygen atoms in total. The molecule has 0 radical (unpaired) electrons. The average molecular weight is 1870 g/mol. The van der Waals surface area contributed by atoms with Gasteiger partial charge in [-0.15, -0.1) is 0 Å². The van der Waals surface area contributed by atoms with E-state index in [2.05, 4.69) is 116 Å². The first kappa shape index (κ1) is 124. The molecular weight excluding hydrogens is 1690 g/mol. The van der Waals surface area contributed by atoms with Crippen molar-refractivity contribution in [2.75, 3.05) is 392 Å². The predicted octanol–water partition coefficient (Wildman–Crippen LogP) is 6.68. The first-order valence-corrected chi connectivity index (χ1v) is 51.0. The fraction of sp³-hybridized carbons (Fsp3) is 1.00. The minimum atomic E-state index is -1.09. The van der Waals surface area contributed by atoms with Gasteiger partial charge < -0.3 is 149 Å². The van der Waals surface area contributed by atoms with Crippen molar-refractivity contribution in [1.29, 1.82) is 0 Å². The fourth-order valence-electron chi connectivity index (χ4n) is 10.7. The Morgan fingerprint density at radius 3 is 0.748 bits per heavy atom. The summed E-state index contributed by atoms with van der Waals surface area (Å²) >= 11 is 9.54. The second-order valence-corrected chi connectivity index (χ2v) is 38.6. The Kier molecular flexibility index (Phi) is 89.4. The van der Waals surface area contributed by atoms with Crippen LogP contribution in [0.3, 0.4) is 0 Å². The second kappa shape index (κ2) is 89.1. The summed E-state index contributed by atoms with van der Waals surface area (Å²) in [5, 5.41) is 43.6. The van der Waals surface area contributed by atoms with E-state index in [9.17, 15) is 20.4 Å². The summed E-state index contributed by atoms with van der Waals surface area (Å²) in [6, 6.07) is 0. The van der Waals surface area contributed by atoms with Crippen LogP contribution in [0.2, 0.25) is 0 Å². The summed E-state index contributed by atoms with van der Waals surface area (Å²) in [5.74, 6) is 10.3. The molecule has 0 saturated heterocycles. The minimum absolute atomic E-state index is 0.00299. The third kappa shape index (κ3) is 84.0. The zero-order valence-electron chi connectivity index (χ0n) is 79.9. The van der Waals surface area contributed by atoms with Crippen molar-refractivity contribution in [2.24, 2.45) is 5.41 Å². The van der Waals surface area contributed by atoms with Crippen molar-refractivity contribution in [1.82, 2.24) is 24.5 Å². The smallest absolute Gasteiger partial charge is 0.104 e. The molecule has 13 unspecified atom stereocenters. The first-order chi connectivity index (χ1) is 59.4. The lowest BCUT2D eigenvalue weighted by Gasteiger charge is -2.33. The molecule has 0 spiro atoms. The van der Waals surface area contributed by atoms with E-state index in [1.165, 1.54) is 0 Å². The highest BCUT2D eigenvalue weighted by Gasteiger charge is 2.30. The molecule has 0 fully saturated rings. The van der Waals surface area contributed by atoms with E-state index in [0.29, 0.717) is 106 Å². The number of aliphatic hydroxyl groups is 4. The van der Waals surface area contributed by atoms with Crippen LogP contribution in [0.4, 0.5) is 0 Å². The van der Waals surface area contributed by atoms with E-state index >= 15 is 0 Å². The Balaban J connectivity index is 7.01. The van der Waals surface area contributed by atoms with Crippen LogP contribution in [-0.2, 0) is 104 Å². The Morgan fingerprint density at radius 2 is 0.455 bits per heavy atom. The Labute approximate surface area is 767 Å². The van der Waals surface area contributed by atoms with Gasteiger partial charge in [-0.1, -0.05) is 20.8 Å². The first-order valence-electron chi connectivity index (χ1n) is 45.2. The highest BCUT2D eigenvalue weighted by atomic mass is 32.2. The Hall–Kier alpha value is 0.510. The normalized spacial score (nSPS) is 15.7. The van der Waals surface area contributed by atoms with Gasteiger partial charge in [0.15, 0.2) is 0 Å². The van der Waals surface area contributed by atoms with Gasteiger partial charge in [0.2, 0.25) is 0 Å². The summed E-state index contributed by atoms with van der Waals surface area (Å²) in [4.78, 5) is 10.9. The van der Waals surface area contributed by atoms with Gasteiger partial charge in [-0.3, -0.25) is 0 Å². The fourth-order valence-corrected chi connectivity index (χ4v) is 15.8. The molecule has 13 atom stereocenters. The monoisotopic (exact) mass is 1870 g/mol. The summed E-state index contributed by atoms with van der Waals surface area (Å²) in [6.07, 6.45) is -3.39. The number of ether oxygens (including phenoxy) is 22. The molecule has 0 aliphatic carbocycles. The minimum Gasteiger partial charge on any atom is -0.394 e. The van der Waals surface area contributed by atoms with Crippen LogP contribution >= 0.6 is 58.8 Å². The van der Waals surface area contributed by atoms with Crippen molar-refractivity contribution in [3.8, 4) is 0 Å². The SMILES string of the molecule is CCOCC(COCC(O)COCC(O)COC(CO)COCC(COC(COCC(COCC)OCCCSCCN(C)C)C(C)(C)C)OCC(COCC(COCC(O)COCC(COCC)OCCCSCCN(C)C)OCC(COCCCSCCN(C)C)OCC)OCC(COCCCSCCN(C)C)OCC)OCCCSCCN(C)C. The van der Waals surface area contributed by atoms with Crippen LogP contribution in [0.15, 0.2) is 0 Å². The molecule has 4 N–H and O–H groups in total. The molecule has 0 aliphatic heterocycles. The van der Waals surface area contributed by atoms with Crippen molar-refractivity contribution in [2.45, 2.75) is 167 Å². The Bertz CT molecular complexity index is 2160. The average Bonchev–Trinajstić information content (AvgIpc) is 0.879. The second-order valence-electron chi connectivity index (χ2n) is 32.5. The van der Waals surface area contributed by atoms with Crippen molar-refractivity contribution in [3.63, 3.8) is 0 Å². The summed E-state index contributed by atoms with van der Waals surface area (Å²) in [6.45, 7) is 29.1. The summed E-state index contributed by atoms with van der Waals surface area (Å²) in [5.41, 5.74) is -0.395. The number of rotatable bonds is 99. The molecule has 0 aromatic carbocycles. The van der Waals surface area contributed by atoms with Crippen LogP contribution in [0, 0.1) is 5.41 Å². The maximum atomic E-state index is 11.2. The zero-order chi connectivity index (χ0) is 90.9. The van der Waals surface area contributed by atoms with E-state index in [0.717, 1.165) is 122 Å². The molecule has 0 heterocycles. The Morgan fingerprint density at radius 1 is 0.228 bits per heavy atom. The third-order valence-corrected chi connectivity index (χ3v) is 23.1. The molecule has 0 aliphatic rings. The van der Waals surface area contributed by atoms with Crippen LogP contribution in [0.5, 0.6) is 0 Å². The third-order valence-electron chi connectivity index (χ3n) is 17.8. The summed E-state index contributed by atoms with van der Waals surface area (Å²) < 4.78 is 137. The van der Waals surface area contributed by atoms with E-state index in [4.69, 9.17) is 104 Å². The van der Waals surface area contributed by atoms with Gasteiger partial charge in [0.25, 0.3) is 0 Å². The number of thioether (sulfide) groups is 5. The van der Waals surface area contributed by atoms with Gasteiger partial charge in [0.05, 0.1) is 171 Å². The molecule has 123 heavy (non-hydrogen) atoms. The molecule has 0 bridgehead atoms. The quantitative estimate of drug-likeness (QED) is 0.0461. The largest absolute Gasteiger partial charge is 0.394 e. The topological polar surface area (TPSA) is 300 Å². The van der Waals surface area contributed by atoms with Crippen molar-refractivity contribution < 1.29 is 125 Å². The van der Waals surface area contributed by atoms with Gasteiger partial charge in [0.1, 0.15) is 73.2 Å². The van der Waals surface area contributed by atoms with Crippen molar-refractivity contribution in [3.05, 3.63) is 0 Å². The van der Waals surface area contributed by atoms with Gasteiger partial charge in [-0.25, -0.2) is 0 Å². The van der Waals surface area contributed by atoms with Gasteiger partial charge in [-0.2, -0.15) is 58.8 Å². The molecule has 0 aromatic heterocycles.